The monoisotopic (exact) mass is 391 g/mol. The number of thiophene rings is 1. The van der Waals surface area contributed by atoms with E-state index in [9.17, 15) is 0 Å². The molecular formula is C20H29N3O3S. The average molecular weight is 392 g/mol. The molecule has 1 aromatic carbocycles. The number of nitrogens with one attached hydrogen (secondary N) is 2. The van der Waals surface area contributed by atoms with Crippen LogP contribution in [0.1, 0.15) is 17.4 Å². The number of rotatable bonds is 9. The zero-order valence-corrected chi connectivity index (χ0v) is 17.5. The second kappa shape index (κ2) is 10.7. The molecule has 1 unspecified atom stereocenters. The molecule has 7 heteroatoms. The first-order valence-electron chi connectivity index (χ1n) is 8.87. The first kappa shape index (κ1) is 20.9. The lowest BCUT2D eigenvalue weighted by atomic mass is 10.1. The lowest BCUT2D eigenvalue weighted by Crippen LogP contribution is -2.39. The highest BCUT2D eigenvalue weighted by molar-refractivity contribution is 7.09. The maximum absolute atomic E-state index is 5.40. The molecule has 0 aliphatic heterocycles. The minimum Gasteiger partial charge on any atom is -0.493 e. The Morgan fingerprint density at radius 2 is 1.81 bits per heavy atom. The third-order valence-electron chi connectivity index (χ3n) is 4.16. The molecule has 0 aliphatic rings. The number of aliphatic imine (C=N–C) groups is 1. The van der Waals surface area contributed by atoms with Crippen molar-refractivity contribution in [1.82, 2.24) is 10.6 Å². The van der Waals surface area contributed by atoms with Crippen LogP contribution in [0.25, 0.3) is 0 Å². The van der Waals surface area contributed by atoms with Gasteiger partial charge in [-0.25, -0.2) is 0 Å². The fraction of sp³-hybridized carbons (Fsp3) is 0.450. The molecule has 0 bridgehead atoms. The Labute approximate surface area is 165 Å². The van der Waals surface area contributed by atoms with E-state index in [4.69, 9.17) is 14.2 Å². The first-order valence-corrected chi connectivity index (χ1v) is 9.75. The van der Waals surface area contributed by atoms with Gasteiger partial charge >= 0.3 is 0 Å². The van der Waals surface area contributed by atoms with Gasteiger partial charge in [0.05, 0.1) is 21.3 Å². The Balaban J connectivity index is 1.91. The van der Waals surface area contributed by atoms with E-state index in [0.29, 0.717) is 29.7 Å². The quantitative estimate of drug-likeness (QED) is 0.507. The molecule has 0 fully saturated rings. The van der Waals surface area contributed by atoms with Gasteiger partial charge in [-0.2, -0.15) is 0 Å². The molecule has 0 saturated heterocycles. The first-order chi connectivity index (χ1) is 13.1. The predicted octanol–water partition coefficient (Wildman–Crippen LogP) is 3.32. The van der Waals surface area contributed by atoms with Crippen LogP contribution in [-0.2, 0) is 13.0 Å². The molecule has 0 spiro atoms. The summed E-state index contributed by atoms with van der Waals surface area (Å²) < 4.78 is 16.2. The van der Waals surface area contributed by atoms with Crippen LogP contribution in [0, 0.1) is 5.92 Å². The van der Waals surface area contributed by atoms with E-state index in [1.54, 1.807) is 39.7 Å². The molecule has 0 aliphatic carbocycles. The van der Waals surface area contributed by atoms with E-state index >= 15 is 0 Å². The van der Waals surface area contributed by atoms with E-state index in [2.05, 4.69) is 40.1 Å². The van der Waals surface area contributed by atoms with E-state index in [1.807, 2.05) is 12.1 Å². The highest BCUT2D eigenvalue weighted by Crippen LogP contribution is 2.38. The third-order valence-corrected chi connectivity index (χ3v) is 5.05. The van der Waals surface area contributed by atoms with Gasteiger partial charge in [-0.3, -0.25) is 4.99 Å². The Morgan fingerprint density at radius 3 is 2.33 bits per heavy atom. The number of guanidine groups is 1. The molecule has 0 amide bonds. The zero-order valence-electron chi connectivity index (χ0n) is 16.7. The fourth-order valence-corrected chi connectivity index (χ4v) is 3.63. The van der Waals surface area contributed by atoms with Crippen molar-refractivity contribution in [3.05, 3.63) is 40.1 Å². The predicted molar refractivity (Wildman–Crippen MR) is 111 cm³/mol. The average Bonchev–Trinajstić information content (AvgIpc) is 3.19. The zero-order chi connectivity index (χ0) is 19.6. The van der Waals surface area contributed by atoms with Gasteiger partial charge in [-0.1, -0.05) is 13.0 Å². The van der Waals surface area contributed by atoms with Crippen LogP contribution < -0.4 is 24.8 Å². The third kappa shape index (κ3) is 6.06. The molecule has 2 rings (SSSR count). The maximum atomic E-state index is 5.40. The molecule has 1 heterocycles. The van der Waals surface area contributed by atoms with E-state index in [-0.39, 0.29) is 0 Å². The second-order valence-corrected chi connectivity index (χ2v) is 7.26. The Bertz CT molecular complexity index is 707. The van der Waals surface area contributed by atoms with Gasteiger partial charge in [0, 0.05) is 25.0 Å². The molecule has 148 valence electrons. The number of nitrogens with zero attached hydrogens (tertiary/aromatic N) is 1. The molecule has 1 atom stereocenters. The molecule has 27 heavy (non-hydrogen) atoms. The minimum atomic E-state index is 0.517. The number of ether oxygens (including phenoxy) is 3. The normalized spacial score (nSPS) is 12.4. The molecule has 1 aromatic heterocycles. The Hall–Kier alpha value is -2.41. The van der Waals surface area contributed by atoms with Crippen LogP contribution in [0.5, 0.6) is 17.2 Å². The fourth-order valence-electron chi connectivity index (χ4n) is 2.76. The van der Waals surface area contributed by atoms with Crippen LogP contribution in [0.2, 0.25) is 0 Å². The van der Waals surface area contributed by atoms with Gasteiger partial charge < -0.3 is 24.8 Å². The van der Waals surface area contributed by atoms with Crippen LogP contribution in [0.3, 0.4) is 0 Å². The summed E-state index contributed by atoms with van der Waals surface area (Å²) in [6.07, 6.45) is 1.06. The molecule has 2 N–H and O–H groups in total. The van der Waals surface area contributed by atoms with Crippen molar-refractivity contribution in [2.75, 3.05) is 34.9 Å². The summed E-state index contributed by atoms with van der Waals surface area (Å²) in [5.74, 6) is 3.15. The van der Waals surface area contributed by atoms with Crippen LogP contribution in [0.4, 0.5) is 0 Å². The number of hydrogen-bond acceptors (Lipinski definition) is 5. The summed E-state index contributed by atoms with van der Waals surface area (Å²) in [5, 5.41) is 8.84. The van der Waals surface area contributed by atoms with Crippen molar-refractivity contribution >= 4 is 17.3 Å². The van der Waals surface area contributed by atoms with Crippen molar-refractivity contribution in [3.63, 3.8) is 0 Å². The summed E-state index contributed by atoms with van der Waals surface area (Å²) in [6.45, 7) is 3.68. The van der Waals surface area contributed by atoms with E-state index in [1.165, 1.54) is 4.88 Å². The highest BCUT2D eigenvalue weighted by atomic mass is 32.1. The summed E-state index contributed by atoms with van der Waals surface area (Å²) in [5.41, 5.74) is 1.01. The highest BCUT2D eigenvalue weighted by Gasteiger charge is 2.13. The van der Waals surface area contributed by atoms with Crippen LogP contribution >= 0.6 is 11.3 Å². The topological polar surface area (TPSA) is 64.1 Å². The van der Waals surface area contributed by atoms with Crippen molar-refractivity contribution in [1.29, 1.82) is 0 Å². The molecular weight excluding hydrogens is 362 g/mol. The summed E-state index contributed by atoms with van der Waals surface area (Å²) in [7, 11) is 6.60. The van der Waals surface area contributed by atoms with Crippen molar-refractivity contribution in [3.8, 4) is 17.2 Å². The van der Waals surface area contributed by atoms with Crippen molar-refractivity contribution < 1.29 is 14.2 Å². The van der Waals surface area contributed by atoms with Gasteiger partial charge in [0.25, 0.3) is 0 Å². The lowest BCUT2D eigenvalue weighted by Gasteiger charge is -2.17. The smallest absolute Gasteiger partial charge is 0.203 e. The maximum Gasteiger partial charge on any atom is 0.203 e. The lowest BCUT2D eigenvalue weighted by molar-refractivity contribution is 0.323. The number of methoxy groups -OCH3 is 3. The van der Waals surface area contributed by atoms with Gasteiger partial charge in [-0.05, 0) is 41.5 Å². The summed E-state index contributed by atoms with van der Waals surface area (Å²) in [4.78, 5) is 5.71. The van der Waals surface area contributed by atoms with Gasteiger partial charge in [-0.15, -0.1) is 11.3 Å². The van der Waals surface area contributed by atoms with Gasteiger partial charge in [0.2, 0.25) is 5.75 Å². The molecule has 6 nitrogen and oxygen atoms in total. The number of hydrogen-bond donors (Lipinski definition) is 2. The van der Waals surface area contributed by atoms with E-state index in [0.717, 1.165) is 24.5 Å². The summed E-state index contributed by atoms with van der Waals surface area (Å²) in [6, 6.07) is 8.14. The van der Waals surface area contributed by atoms with Crippen molar-refractivity contribution in [2.45, 2.75) is 19.9 Å². The SMILES string of the molecule is CN=C(NCc1cc(OC)c(OC)c(OC)c1)NCC(C)Cc1cccs1. The molecule has 0 saturated carbocycles. The summed E-state index contributed by atoms with van der Waals surface area (Å²) >= 11 is 1.80. The van der Waals surface area contributed by atoms with E-state index < -0.39 is 0 Å². The molecule has 0 radical (unpaired) electrons. The second-order valence-electron chi connectivity index (χ2n) is 6.23. The number of benzene rings is 1. The Kier molecular flexibility index (Phi) is 8.26. The van der Waals surface area contributed by atoms with Gasteiger partial charge in [0.1, 0.15) is 0 Å². The standard InChI is InChI=1S/C20H29N3O3S/c1-14(9-16-7-6-8-27-16)12-22-20(21-2)23-13-15-10-17(24-3)19(26-5)18(11-15)25-4/h6-8,10-11,14H,9,12-13H2,1-5H3,(H2,21,22,23). The Morgan fingerprint density at radius 1 is 1.11 bits per heavy atom. The van der Waals surface area contributed by atoms with Crippen LogP contribution in [-0.4, -0.2) is 40.9 Å². The van der Waals surface area contributed by atoms with Crippen LogP contribution in [0.15, 0.2) is 34.6 Å². The minimum absolute atomic E-state index is 0.517. The van der Waals surface area contributed by atoms with Gasteiger partial charge in [0.15, 0.2) is 17.5 Å². The largest absolute Gasteiger partial charge is 0.493 e. The molecule has 2 aromatic rings. The van der Waals surface area contributed by atoms with Crippen molar-refractivity contribution in [2.24, 2.45) is 10.9 Å².